The van der Waals surface area contributed by atoms with Crippen molar-refractivity contribution in [1.29, 1.82) is 0 Å². The minimum atomic E-state index is 0.513. The van der Waals surface area contributed by atoms with Gasteiger partial charge in [-0.1, -0.05) is 16.8 Å². The van der Waals surface area contributed by atoms with Crippen LogP contribution in [0, 0.1) is 0 Å². The highest BCUT2D eigenvalue weighted by Crippen LogP contribution is 2.18. The highest BCUT2D eigenvalue weighted by Gasteiger charge is 2.07. The molecule has 4 nitrogen and oxygen atoms in total. The third-order valence-corrected chi connectivity index (χ3v) is 2.54. The molecule has 0 aliphatic carbocycles. The number of hydrogen-bond acceptors (Lipinski definition) is 4. The Balaban J connectivity index is 2.07. The topological polar surface area (TPSA) is 56.0 Å². The first-order chi connectivity index (χ1) is 8.29. The molecular formula is C12H11ClN2O2. The van der Waals surface area contributed by atoms with E-state index in [2.05, 4.69) is 10.1 Å². The van der Waals surface area contributed by atoms with Gasteiger partial charge in [0.2, 0.25) is 11.7 Å². The standard InChI is InChI=1S/C12H11ClN2O2/c13-10-6-4-9(5-7-10)12-14-11(17-15-12)3-1-2-8-16/h4-8H,1-3H2. The van der Waals surface area contributed by atoms with Crippen LogP contribution < -0.4 is 0 Å². The Morgan fingerprint density at radius 3 is 2.76 bits per heavy atom. The summed E-state index contributed by atoms with van der Waals surface area (Å²) < 4.78 is 5.09. The van der Waals surface area contributed by atoms with Gasteiger partial charge in [-0.15, -0.1) is 0 Å². The monoisotopic (exact) mass is 250 g/mol. The molecule has 2 aromatic rings. The number of carbonyl (C=O) groups excluding carboxylic acids is 1. The average Bonchev–Trinajstić information content (AvgIpc) is 2.79. The molecule has 17 heavy (non-hydrogen) atoms. The zero-order valence-corrected chi connectivity index (χ0v) is 9.85. The first-order valence-electron chi connectivity index (χ1n) is 5.32. The van der Waals surface area contributed by atoms with E-state index in [9.17, 15) is 4.79 Å². The molecule has 0 aliphatic rings. The molecule has 0 fully saturated rings. The number of nitrogens with zero attached hydrogens (tertiary/aromatic N) is 2. The van der Waals surface area contributed by atoms with Crippen LogP contribution in [0.5, 0.6) is 0 Å². The second-order valence-corrected chi connectivity index (χ2v) is 4.01. The van der Waals surface area contributed by atoms with Crippen LogP contribution in [0.15, 0.2) is 28.8 Å². The van der Waals surface area contributed by atoms with Crippen molar-refractivity contribution in [1.82, 2.24) is 10.1 Å². The van der Waals surface area contributed by atoms with Crippen molar-refractivity contribution in [3.05, 3.63) is 35.2 Å². The molecule has 1 heterocycles. The van der Waals surface area contributed by atoms with E-state index in [1.54, 1.807) is 12.1 Å². The molecule has 5 heteroatoms. The molecule has 1 aromatic carbocycles. The largest absolute Gasteiger partial charge is 0.339 e. The molecule has 0 aliphatic heterocycles. The van der Waals surface area contributed by atoms with Gasteiger partial charge in [-0.3, -0.25) is 0 Å². The van der Waals surface area contributed by atoms with Gasteiger partial charge in [-0.2, -0.15) is 4.98 Å². The predicted molar refractivity (Wildman–Crippen MR) is 63.7 cm³/mol. The number of rotatable bonds is 5. The quantitative estimate of drug-likeness (QED) is 0.605. The number of aryl methyl sites for hydroxylation is 1. The molecule has 0 amide bonds. The molecule has 0 bridgehead atoms. The van der Waals surface area contributed by atoms with E-state index in [0.29, 0.717) is 29.6 Å². The van der Waals surface area contributed by atoms with E-state index >= 15 is 0 Å². The van der Waals surface area contributed by atoms with Gasteiger partial charge in [0.25, 0.3) is 0 Å². The Bertz CT molecular complexity index is 493. The van der Waals surface area contributed by atoms with Gasteiger partial charge >= 0.3 is 0 Å². The van der Waals surface area contributed by atoms with Gasteiger partial charge in [-0.05, 0) is 30.7 Å². The molecule has 0 unspecified atom stereocenters. The predicted octanol–water partition coefficient (Wildman–Crippen LogP) is 2.91. The Morgan fingerprint density at radius 2 is 2.06 bits per heavy atom. The van der Waals surface area contributed by atoms with Crippen LogP contribution in [0.25, 0.3) is 11.4 Å². The summed E-state index contributed by atoms with van der Waals surface area (Å²) in [6.07, 6.45) is 2.75. The maximum absolute atomic E-state index is 10.2. The fourth-order valence-electron chi connectivity index (χ4n) is 1.41. The summed E-state index contributed by atoms with van der Waals surface area (Å²) >= 11 is 5.79. The number of aromatic nitrogens is 2. The van der Waals surface area contributed by atoms with Gasteiger partial charge in [0, 0.05) is 23.4 Å². The van der Waals surface area contributed by atoms with Gasteiger partial charge in [-0.25, -0.2) is 0 Å². The summed E-state index contributed by atoms with van der Waals surface area (Å²) in [5, 5.41) is 4.55. The van der Waals surface area contributed by atoms with Gasteiger partial charge in [0.1, 0.15) is 6.29 Å². The van der Waals surface area contributed by atoms with Crippen molar-refractivity contribution in [2.24, 2.45) is 0 Å². The van der Waals surface area contributed by atoms with Crippen molar-refractivity contribution in [3.63, 3.8) is 0 Å². The summed E-state index contributed by atoms with van der Waals surface area (Å²) in [4.78, 5) is 14.4. The van der Waals surface area contributed by atoms with Crippen molar-refractivity contribution in [2.45, 2.75) is 19.3 Å². The summed E-state index contributed by atoms with van der Waals surface area (Å²) in [6, 6.07) is 7.23. The molecule has 0 atom stereocenters. The third kappa shape index (κ3) is 3.14. The van der Waals surface area contributed by atoms with Crippen molar-refractivity contribution in [2.75, 3.05) is 0 Å². The average molecular weight is 251 g/mol. The van der Waals surface area contributed by atoms with Gasteiger partial charge in [0.05, 0.1) is 0 Å². The zero-order valence-electron chi connectivity index (χ0n) is 9.10. The lowest BCUT2D eigenvalue weighted by atomic mass is 10.2. The molecule has 0 spiro atoms. The van der Waals surface area contributed by atoms with Crippen LogP contribution in [0.4, 0.5) is 0 Å². The molecule has 0 radical (unpaired) electrons. The number of carbonyl (C=O) groups is 1. The molecule has 2 rings (SSSR count). The van der Waals surface area contributed by atoms with Crippen molar-refractivity contribution < 1.29 is 9.32 Å². The molecule has 1 aromatic heterocycles. The lowest BCUT2D eigenvalue weighted by molar-refractivity contribution is -0.107. The number of hydrogen-bond donors (Lipinski definition) is 0. The third-order valence-electron chi connectivity index (χ3n) is 2.28. The molecular weight excluding hydrogens is 240 g/mol. The van der Waals surface area contributed by atoms with E-state index in [0.717, 1.165) is 18.3 Å². The minimum absolute atomic E-state index is 0.513. The van der Waals surface area contributed by atoms with E-state index in [-0.39, 0.29) is 0 Å². The van der Waals surface area contributed by atoms with Crippen LogP contribution in [-0.4, -0.2) is 16.4 Å². The smallest absolute Gasteiger partial charge is 0.226 e. The Morgan fingerprint density at radius 1 is 1.29 bits per heavy atom. The first-order valence-corrected chi connectivity index (χ1v) is 5.69. The number of benzene rings is 1. The summed E-state index contributed by atoms with van der Waals surface area (Å²) in [5.74, 6) is 1.10. The van der Waals surface area contributed by atoms with Crippen LogP contribution in [0.2, 0.25) is 5.02 Å². The summed E-state index contributed by atoms with van der Waals surface area (Å²) in [5.41, 5.74) is 0.861. The lowest BCUT2D eigenvalue weighted by Crippen LogP contribution is -1.86. The second-order valence-electron chi connectivity index (χ2n) is 3.58. The van der Waals surface area contributed by atoms with Crippen LogP contribution in [-0.2, 0) is 11.2 Å². The Labute approximate surface area is 104 Å². The van der Waals surface area contributed by atoms with Crippen LogP contribution in [0.3, 0.4) is 0 Å². The normalized spacial score (nSPS) is 10.4. The maximum atomic E-state index is 10.2. The van der Waals surface area contributed by atoms with E-state index in [4.69, 9.17) is 16.1 Å². The maximum Gasteiger partial charge on any atom is 0.226 e. The Kier molecular flexibility index (Phi) is 3.88. The molecule has 0 N–H and O–H groups in total. The van der Waals surface area contributed by atoms with Crippen LogP contribution in [0.1, 0.15) is 18.7 Å². The fraction of sp³-hybridized carbons (Fsp3) is 0.250. The molecule has 0 saturated carbocycles. The van der Waals surface area contributed by atoms with Crippen LogP contribution >= 0.6 is 11.6 Å². The van der Waals surface area contributed by atoms with Gasteiger partial charge < -0.3 is 9.32 Å². The van der Waals surface area contributed by atoms with E-state index in [1.165, 1.54) is 0 Å². The number of unbranched alkanes of at least 4 members (excludes halogenated alkanes) is 1. The molecule has 0 saturated heterocycles. The molecule has 88 valence electrons. The van der Waals surface area contributed by atoms with Crippen molar-refractivity contribution in [3.8, 4) is 11.4 Å². The second kappa shape index (κ2) is 5.59. The fourth-order valence-corrected chi connectivity index (χ4v) is 1.54. The summed E-state index contributed by atoms with van der Waals surface area (Å²) in [7, 11) is 0. The number of aldehydes is 1. The van der Waals surface area contributed by atoms with Crippen molar-refractivity contribution >= 4 is 17.9 Å². The highest BCUT2D eigenvalue weighted by atomic mass is 35.5. The lowest BCUT2D eigenvalue weighted by Gasteiger charge is -1.93. The number of halogens is 1. The van der Waals surface area contributed by atoms with E-state index < -0.39 is 0 Å². The summed E-state index contributed by atoms with van der Waals surface area (Å²) in [6.45, 7) is 0. The van der Waals surface area contributed by atoms with Gasteiger partial charge in [0.15, 0.2) is 0 Å². The Hall–Kier alpha value is -1.68. The SMILES string of the molecule is O=CCCCc1nc(-c2ccc(Cl)cc2)no1. The zero-order chi connectivity index (χ0) is 12.1. The first kappa shape index (κ1) is 11.8. The minimum Gasteiger partial charge on any atom is -0.339 e. The highest BCUT2D eigenvalue weighted by molar-refractivity contribution is 6.30. The van der Waals surface area contributed by atoms with E-state index in [1.807, 2.05) is 12.1 Å².